The van der Waals surface area contributed by atoms with Crippen LogP contribution in [0.25, 0.3) is 0 Å². The molecule has 7 nitrogen and oxygen atoms in total. The van der Waals surface area contributed by atoms with Crippen LogP contribution < -0.4 is 10.1 Å². The molecule has 0 bridgehead atoms. The largest absolute Gasteiger partial charge is 0.497 e. The summed E-state index contributed by atoms with van der Waals surface area (Å²) in [5, 5.41) is 7.46. The van der Waals surface area contributed by atoms with E-state index >= 15 is 0 Å². The predicted molar refractivity (Wildman–Crippen MR) is 93.1 cm³/mol. The van der Waals surface area contributed by atoms with E-state index in [-0.39, 0.29) is 0 Å². The fourth-order valence-electron chi connectivity index (χ4n) is 3.07. The van der Waals surface area contributed by atoms with Gasteiger partial charge in [-0.3, -0.25) is 9.67 Å². The fourth-order valence-corrected chi connectivity index (χ4v) is 3.07. The number of aromatic nitrogens is 3. The molecule has 0 amide bonds. The Hall–Kier alpha value is -2.57. The van der Waals surface area contributed by atoms with Crippen molar-refractivity contribution in [1.82, 2.24) is 25.0 Å². The normalized spacial score (nSPS) is 18.0. The molecule has 1 atom stereocenters. The van der Waals surface area contributed by atoms with Gasteiger partial charge in [0.15, 0.2) is 5.96 Å². The molecule has 0 aliphatic carbocycles. The molecule has 7 heteroatoms. The molecule has 2 aromatic rings. The zero-order chi connectivity index (χ0) is 16.9. The number of benzene rings is 1. The molecular formula is C17H24N6O. The van der Waals surface area contributed by atoms with Gasteiger partial charge in [-0.25, -0.2) is 4.98 Å². The second kappa shape index (κ2) is 7.33. The number of guanidine groups is 1. The summed E-state index contributed by atoms with van der Waals surface area (Å²) in [4.78, 5) is 10.9. The summed E-state index contributed by atoms with van der Waals surface area (Å²) in [6.45, 7) is 2.58. The molecule has 2 heterocycles. The molecule has 1 unspecified atom stereocenters. The van der Waals surface area contributed by atoms with Gasteiger partial charge < -0.3 is 15.0 Å². The fraction of sp³-hybridized carbons (Fsp3) is 0.471. The van der Waals surface area contributed by atoms with Crippen LogP contribution in [0.4, 0.5) is 0 Å². The summed E-state index contributed by atoms with van der Waals surface area (Å²) in [7, 11) is 5.40. The lowest BCUT2D eigenvalue weighted by Crippen LogP contribution is -2.40. The number of nitrogens with zero attached hydrogens (tertiary/aromatic N) is 5. The van der Waals surface area contributed by atoms with Crippen molar-refractivity contribution in [3.05, 3.63) is 42.0 Å². The Labute approximate surface area is 142 Å². The number of hydrogen-bond acceptors (Lipinski definition) is 4. The Morgan fingerprint density at radius 2 is 2.17 bits per heavy atom. The van der Waals surface area contributed by atoms with Crippen LogP contribution in [0.2, 0.25) is 0 Å². The highest BCUT2D eigenvalue weighted by Gasteiger charge is 2.26. The minimum atomic E-state index is 0.518. The van der Waals surface area contributed by atoms with E-state index in [0.717, 1.165) is 37.0 Å². The molecule has 1 saturated heterocycles. The number of ether oxygens (including phenoxy) is 1. The van der Waals surface area contributed by atoms with Crippen molar-refractivity contribution in [3.63, 3.8) is 0 Å². The van der Waals surface area contributed by atoms with Crippen LogP contribution in [-0.2, 0) is 13.6 Å². The van der Waals surface area contributed by atoms with Gasteiger partial charge in [-0.05, 0) is 24.1 Å². The second-order valence-electron chi connectivity index (χ2n) is 5.91. The van der Waals surface area contributed by atoms with Crippen LogP contribution in [0.1, 0.15) is 23.7 Å². The highest BCUT2D eigenvalue weighted by Crippen LogP contribution is 2.28. The SMILES string of the molecule is CN=C(NCc1ncnn1C)N1CCC(c2ccc(OC)cc2)C1. The Kier molecular flexibility index (Phi) is 4.98. The molecule has 1 aliphatic rings. The highest BCUT2D eigenvalue weighted by molar-refractivity contribution is 5.80. The molecule has 24 heavy (non-hydrogen) atoms. The van der Waals surface area contributed by atoms with E-state index < -0.39 is 0 Å². The quantitative estimate of drug-likeness (QED) is 0.678. The van der Waals surface area contributed by atoms with E-state index in [4.69, 9.17) is 4.74 Å². The van der Waals surface area contributed by atoms with Gasteiger partial charge in [-0.2, -0.15) is 5.10 Å². The number of likely N-dealkylation sites (tertiary alicyclic amines) is 1. The maximum atomic E-state index is 5.23. The van der Waals surface area contributed by atoms with Crippen LogP contribution in [0.15, 0.2) is 35.6 Å². The average molecular weight is 328 g/mol. The lowest BCUT2D eigenvalue weighted by molar-refractivity contribution is 0.414. The third-order valence-electron chi connectivity index (χ3n) is 4.50. The highest BCUT2D eigenvalue weighted by atomic mass is 16.5. The molecule has 0 spiro atoms. The Morgan fingerprint density at radius 3 is 2.79 bits per heavy atom. The van der Waals surface area contributed by atoms with E-state index in [0.29, 0.717) is 12.5 Å². The van der Waals surface area contributed by atoms with E-state index in [9.17, 15) is 0 Å². The van der Waals surface area contributed by atoms with Crippen LogP contribution >= 0.6 is 0 Å². The first-order chi connectivity index (χ1) is 11.7. The first kappa shape index (κ1) is 16.3. The monoisotopic (exact) mass is 328 g/mol. The number of aliphatic imine (C=N–C) groups is 1. The maximum Gasteiger partial charge on any atom is 0.194 e. The van der Waals surface area contributed by atoms with Crippen molar-refractivity contribution in [2.45, 2.75) is 18.9 Å². The Morgan fingerprint density at radius 1 is 1.38 bits per heavy atom. The summed E-state index contributed by atoms with van der Waals surface area (Å²) >= 11 is 0. The Bertz CT molecular complexity index is 693. The van der Waals surface area contributed by atoms with Gasteiger partial charge in [0.05, 0.1) is 13.7 Å². The molecule has 1 fully saturated rings. The standard InChI is InChI=1S/C17H24N6O/c1-18-17(19-10-16-20-12-21-22(16)2)23-9-8-14(11-23)13-4-6-15(24-3)7-5-13/h4-7,12,14H,8-11H2,1-3H3,(H,18,19). The number of aryl methyl sites for hydroxylation is 1. The van der Waals surface area contributed by atoms with Crippen molar-refractivity contribution < 1.29 is 4.74 Å². The van der Waals surface area contributed by atoms with Crippen LogP contribution in [-0.4, -0.2) is 52.9 Å². The minimum absolute atomic E-state index is 0.518. The summed E-state index contributed by atoms with van der Waals surface area (Å²) < 4.78 is 7.00. The smallest absolute Gasteiger partial charge is 0.194 e. The second-order valence-corrected chi connectivity index (χ2v) is 5.91. The Balaban J connectivity index is 1.59. The third kappa shape index (κ3) is 3.50. The van der Waals surface area contributed by atoms with Crippen molar-refractivity contribution in [2.24, 2.45) is 12.0 Å². The first-order valence-electron chi connectivity index (χ1n) is 8.13. The van der Waals surface area contributed by atoms with E-state index in [1.807, 2.05) is 26.2 Å². The molecule has 1 N–H and O–H groups in total. The lowest BCUT2D eigenvalue weighted by atomic mass is 9.98. The zero-order valence-corrected chi connectivity index (χ0v) is 14.4. The molecule has 0 saturated carbocycles. The topological polar surface area (TPSA) is 67.6 Å². The number of nitrogens with one attached hydrogen (secondary N) is 1. The molecule has 0 radical (unpaired) electrons. The van der Waals surface area contributed by atoms with E-state index in [1.165, 1.54) is 5.56 Å². The van der Waals surface area contributed by atoms with Crippen molar-refractivity contribution in [3.8, 4) is 5.75 Å². The number of rotatable bonds is 4. The van der Waals surface area contributed by atoms with Gasteiger partial charge in [0.2, 0.25) is 0 Å². The molecule has 128 valence electrons. The molecule has 1 aromatic heterocycles. The van der Waals surface area contributed by atoms with Gasteiger partial charge in [0, 0.05) is 33.1 Å². The van der Waals surface area contributed by atoms with Gasteiger partial charge >= 0.3 is 0 Å². The van der Waals surface area contributed by atoms with Crippen molar-refractivity contribution in [2.75, 3.05) is 27.2 Å². The molecule has 3 rings (SSSR count). The van der Waals surface area contributed by atoms with Crippen molar-refractivity contribution >= 4 is 5.96 Å². The average Bonchev–Trinajstić information content (AvgIpc) is 3.25. The molecular weight excluding hydrogens is 304 g/mol. The van der Waals surface area contributed by atoms with Gasteiger partial charge in [0.25, 0.3) is 0 Å². The molecule has 1 aliphatic heterocycles. The minimum Gasteiger partial charge on any atom is -0.497 e. The summed E-state index contributed by atoms with van der Waals surface area (Å²) in [5.74, 6) is 3.22. The predicted octanol–water partition coefficient (Wildman–Crippen LogP) is 1.39. The lowest BCUT2D eigenvalue weighted by Gasteiger charge is -2.21. The number of hydrogen-bond donors (Lipinski definition) is 1. The van der Waals surface area contributed by atoms with Gasteiger partial charge in [-0.15, -0.1) is 0 Å². The van der Waals surface area contributed by atoms with Gasteiger partial charge in [0.1, 0.15) is 17.9 Å². The van der Waals surface area contributed by atoms with E-state index in [1.54, 1.807) is 18.1 Å². The van der Waals surface area contributed by atoms with Gasteiger partial charge in [-0.1, -0.05) is 12.1 Å². The van der Waals surface area contributed by atoms with Crippen LogP contribution in [0.3, 0.4) is 0 Å². The first-order valence-corrected chi connectivity index (χ1v) is 8.13. The van der Waals surface area contributed by atoms with Crippen LogP contribution in [0, 0.1) is 0 Å². The van der Waals surface area contributed by atoms with E-state index in [2.05, 4.69) is 37.4 Å². The summed E-state index contributed by atoms with van der Waals surface area (Å²) in [6.07, 6.45) is 2.69. The molecule has 1 aromatic carbocycles. The van der Waals surface area contributed by atoms with Crippen LogP contribution in [0.5, 0.6) is 5.75 Å². The van der Waals surface area contributed by atoms with Crippen molar-refractivity contribution in [1.29, 1.82) is 0 Å². The number of methoxy groups -OCH3 is 1. The maximum absolute atomic E-state index is 5.23. The summed E-state index contributed by atoms with van der Waals surface area (Å²) in [6, 6.07) is 8.36. The summed E-state index contributed by atoms with van der Waals surface area (Å²) in [5.41, 5.74) is 1.35. The zero-order valence-electron chi connectivity index (χ0n) is 14.4. The third-order valence-corrected chi connectivity index (χ3v) is 4.50.